The van der Waals surface area contributed by atoms with Gasteiger partial charge in [0, 0.05) is 26.1 Å². The van der Waals surface area contributed by atoms with Crippen molar-refractivity contribution in [2.75, 3.05) is 20.6 Å². The fourth-order valence-electron chi connectivity index (χ4n) is 2.12. The van der Waals surface area contributed by atoms with Gasteiger partial charge in [-0.1, -0.05) is 6.92 Å². The highest BCUT2D eigenvalue weighted by Gasteiger charge is 2.29. The van der Waals surface area contributed by atoms with Crippen molar-refractivity contribution in [3.8, 4) is 0 Å². The number of nitrogens with zero attached hydrogens (tertiary/aromatic N) is 1. The number of nitrogens with one attached hydrogen (secondary N) is 1. The van der Waals surface area contributed by atoms with Crippen LogP contribution in [0.1, 0.15) is 26.2 Å². The molecule has 1 aliphatic rings. The summed E-state index contributed by atoms with van der Waals surface area (Å²) >= 11 is 0. The van der Waals surface area contributed by atoms with Crippen molar-refractivity contribution in [2.24, 2.45) is 17.6 Å². The van der Waals surface area contributed by atoms with Crippen LogP contribution in [0.15, 0.2) is 0 Å². The Morgan fingerprint density at radius 3 is 2.53 bits per heavy atom. The SMILES string of the molecule is CC1CC(C(=O)NCC(=O)N(C)C)CCC1N. The third-order valence-electron chi connectivity index (χ3n) is 3.52. The zero-order chi connectivity index (χ0) is 13.0. The first-order chi connectivity index (χ1) is 7.91. The monoisotopic (exact) mass is 241 g/mol. The smallest absolute Gasteiger partial charge is 0.241 e. The molecule has 0 spiro atoms. The molecule has 0 saturated heterocycles. The largest absolute Gasteiger partial charge is 0.347 e. The van der Waals surface area contributed by atoms with Crippen LogP contribution in [0.3, 0.4) is 0 Å². The van der Waals surface area contributed by atoms with E-state index in [0.717, 1.165) is 19.3 Å². The van der Waals surface area contributed by atoms with Crippen molar-refractivity contribution < 1.29 is 9.59 Å². The van der Waals surface area contributed by atoms with Crippen molar-refractivity contribution in [1.82, 2.24) is 10.2 Å². The van der Waals surface area contributed by atoms with Crippen LogP contribution < -0.4 is 11.1 Å². The summed E-state index contributed by atoms with van der Waals surface area (Å²) < 4.78 is 0. The summed E-state index contributed by atoms with van der Waals surface area (Å²) in [6, 6.07) is 0.211. The van der Waals surface area contributed by atoms with Crippen LogP contribution in [0.5, 0.6) is 0 Å². The maximum atomic E-state index is 11.9. The van der Waals surface area contributed by atoms with Gasteiger partial charge in [-0.3, -0.25) is 9.59 Å². The van der Waals surface area contributed by atoms with Crippen molar-refractivity contribution >= 4 is 11.8 Å². The molecule has 0 heterocycles. The zero-order valence-electron chi connectivity index (χ0n) is 10.9. The fourth-order valence-corrected chi connectivity index (χ4v) is 2.12. The van der Waals surface area contributed by atoms with E-state index in [0.29, 0.717) is 5.92 Å². The number of hydrogen-bond donors (Lipinski definition) is 2. The molecule has 0 aromatic rings. The van der Waals surface area contributed by atoms with E-state index < -0.39 is 0 Å². The Morgan fingerprint density at radius 1 is 1.35 bits per heavy atom. The number of likely N-dealkylation sites (N-methyl/N-ethyl adjacent to an activating group) is 1. The number of rotatable bonds is 3. The van der Waals surface area contributed by atoms with E-state index in [4.69, 9.17) is 5.73 Å². The second-order valence-corrected chi connectivity index (χ2v) is 5.16. The van der Waals surface area contributed by atoms with Crippen LogP contribution in [-0.2, 0) is 9.59 Å². The minimum Gasteiger partial charge on any atom is -0.347 e. The molecule has 0 bridgehead atoms. The van der Waals surface area contributed by atoms with Crippen molar-refractivity contribution in [3.63, 3.8) is 0 Å². The first kappa shape index (κ1) is 14.0. The topological polar surface area (TPSA) is 75.4 Å². The summed E-state index contributed by atoms with van der Waals surface area (Å²) in [6.07, 6.45) is 2.54. The molecule has 0 aliphatic heterocycles. The number of nitrogens with two attached hydrogens (primary N) is 1. The standard InChI is InChI=1S/C12H23N3O2/c1-8-6-9(4-5-10(8)13)12(17)14-7-11(16)15(2)3/h8-10H,4-7,13H2,1-3H3,(H,14,17). The predicted molar refractivity (Wildman–Crippen MR) is 66.2 cm³/mol. The second-order valence-electron chi connectivity index (χ2n) is 5.16. The van der Waals surface area contributed by atoms with Gasteiger partial charge in [-0.2, -0.15) is 0 Å². The second kappa shape index (κ2) is 6.00. The molecule has 0 radical (unpaired) electrons. The van der Waals surface area contributed by atoms with Gasteiger partial charge >= 0.3 is 0 Å². The van der Waals surface area contributed by atoms with Crippen LogP contribution in [0, 0.1) is 11.8 Å². The molecular formula is C12H23N3O2. The third-order valence-corrected chi connectivity index (χ3v) is 3.52. The quantitative estimate of drug-likeness (QED) is 0.727. The predicted octanol–water partition coefficient (Wildman–Crippen LogP) is -0.0457. The van der Waals surface area contributed by atoms with E-state index >= 15 is 0 Å². The summed E-state index contributed by atoms with van der Waals surface area (Å²) in [5.74, 6) is 0.293. The Balaban J connectivity index is 2.36. The molecule has 3 N–H and O–H groups in total. The third kappa shape index (κ3) is 4.00. The van der Waals surface area contributed by atoms with E-state index in [1.807, 2.05) is 0 Å². The summed E-state index contributed by atoms with van der Waals surface area (Å²) in [5.41, 5.74) is 5.91. The molecule has 17 heavy (non-hydrogen) atoms. The lowest BCUT2D eigenvalue weighted by molar-refractivity contribution is -0.132. The van der Waals surface area contributed by atoms with Crippen LogP contribution in [-0.4, -0.2) is 43.4 Å². The number of amides is 2. The Labute approximate surface area is 103 Å². The highest BCUT2D eigenvalue weighted by Crippen LogP contribution is 2.27. The molecule has 0 aromatic carbocycles. The molecule has 5 heteroatoms. The average molecular weight is 241 g/mol. The van der Waals surface area contributed by atoms with Gasteiger partial charge in [-0.25, -0.2) is 0 Å². The van der Waals surface area contributed by atoms with Crippen LogP contribution in [0.2, 0.25) is 0 Å². The van der Waals surface area contributed by atoms with Crippen molar-refractivity contribution in [2.45, 2.75) is 32.2 Å². The molecule has 98 valence electrons. The maximum absolute atomic E-state index is 11.9. The van der Waals surface area contributed by atoms with Gasteiger partial charge in [0.15, 0.2) is 0 Å². The molecule has 1 aliphatic carbocycles. The maximum Gasteiger partial charge on any atom is 0.241 e. The molecule has 1 fully saturated rings. The van der Waals surface area contributed by atoms with Gasteiger partial charge in [-0.05, 0) is 25.2 Å². The number of carbonyl (C=O) groups excluding carboxylic acids is 2. The highest BCUT2D eigenvalue weighted by molar-refractivity contribution is 5.85. The zero-order valence-corrected chi connectivity index (χ0v) is 10.9. The molecule has 1 saturated carbocycles. The molecular weight excluding hydrogens is 218 g/mol. The average Bonchev–Trinajstić information content (AvgIpc) is 2.28. The lowest BCUT2D eigenvalue weighted by atomic mass is 9.79. The minimum absolute atomic E-state index is 0.0137. The Kier molecular flexibility index (Phi) is 4.93. The van der Waals surface area contributed by atoms with Gasteiger partial charge in [0.1, 0.15) is 0 Å². The molecule has 3 unspecified atom stereocenters. The first-order valence-electron chi connectivity index (χ1n) is 6.15. The van der Waals surface area contributed by atoms with Gasteiger partial charge in [0.05, 0.1) is 6.54 Å². The number of hydrogen-bond acceptors (Lipinski definition) is 3. The van der Waals surface area contributed by atoms with Gasteiger partial charge in [0.2, 0.25) is 11.8 Å². The summed E-state index contributed by atoms with van der Waals surface area (Å²) in [5, 5.41) is 2.70. The van der Waals surface area contributed by atoms with E-state index in [1.165, 1.54) is 4.90 Å². The van der Waals surface area contributed by atoms with Crippen LogP contribution in [0.25, 0.3) is 0 Å². The Hall–Kier alpha value is -1.10. The number of carbonyl (C=O) groups is 2. The fraction of sp³-hybridized carbons (Fsp3) is 0.833. The summed E-state index contributed by atoms with van der Waals surface area (Å²) in [4.78, 5) is 24.7. The van der Waals surface area contributed by atoms with Gasteiger partial charge in [-0.15, -0.1) is 0 Å². The van der Waals surface area contributed by atoms with Crippen LogP contribution >= 0.6 is 0 Å². The summed E-state index contributed by atoms with van der Waals surface area (Å²) in [6.45, 7) is 2.16. The first-order valence-corrected chi connectivity index (χ1v) is 6.15. The van der Waals surface area contributed by atoms with Gasteiger partial charge in [0.25, 0.3) is 0 Å². The molecule has 5 nitrogen and oxygen atoms in total. The van der Waals surface area contributed by atoms with E-state index in [2.05, 4.69) is 12.2 Å². The Morgan fingerprint density at radius 2 is 2.00 bits per heavy atom. The molecule has 3 atom stereocenters. The van der Waals surface area contributed by atoms with E-state index in [9.17, 15) is 9.59 Å². The van der Waals surface area contributed by atoms with Crippen molar-refractivity contribution in [1.29, 1.82) is 0 Å². The van der Waals surface area contributed by atoms with E-state index in [1.54, 1.807) is 14.1 Å². The normalized spacial score (nSPS) is 28.6. The highest BCUT2D eigenvalue weighted by atomic mass is 16.2. The van der Waals surface area contributed by atoms with E-state index in [-0.39, 0.29) is 30.3 Å². The van der Waals surface area contributed by atoms with Gasteiger partial charge < -0.3 is 16.0 Å². The lowest BCUT2D eigenvalue weighted by Gasteiger charge is -2.31. The summed E-state index contributed by atoms with van der Waals surface area (Å²) in [7, 11) is 3.35. The minimum atomic E-state index is -0.0843. The Bertz CT molecular complexity index is 291. The van der Waals surface area contributed by atoms with Crippen molar-refractivity contribution in [3.05, 3.63) is 0 Å². The molecule has 2 amide bonds. The van der Waals surface area contributed by atoms with Crippen LogP contribution in [0.4, 0.5) is 0 Å². The molecule has 0 aromatic heterocycles. The molecule has 1 rings (SSSR count). The lowest BCUT2D eigenvalue weighted by Crippen LogP contribution is -2.43.